The second kappa shape index (κ2) is 5.21. The average Bonchev–Trinajstić information content (AvgIpc) is 2.81. The molecule has 17 heavy (non-hydrogen) atoms. The van der Waals surface area contributed by atoms with Crippen LogP contribution in [0.3, 0.4) is 0 Å². The quantitative estimate of drug-likeness (QED) is 0.595. The van der Waals surface area contributed by atoms with E-state index in [0.717, 1.165) is 0 Å². The van der Waals surface area contributed by atoms with E-state index in [-0.39, 0.29) is 0 Å². The Morgan fingerprint density at radius 1 is 1.24 bits per heavy atom. The SMILES string of the molecule is CC(C)c1ccc(C(C)I)c(-n2cccn2)c1. The molecule has 0 radical (unpaired) electrons. The number of alkyl halides is 1. The number of hydrogen-bond donors (Lipinski definition) is 0. The fourth-order valence-corrected chi connectivity index (χ4v) is 2.39. The minimum absolute atomic E-state index is 0.480. The van der Waals surface area contributed by atoms with Crippen molar-refractivity contribution in [2.45, 2.75) is 30.6 Å². The van der Waals surface area contributed by atoms with E-state index in [1.807, 2.05) is 23.1 Å². The molecule has 0 aliphatic rings. The molecule has 1 unspecified atom stereocenters. The third kappa shape index (κ3) is 2.70. The van der Waals surface area contributed by atoms with Gasteiger partial charge in [0.1, 0.15) is 0 Å². The van der Waals surface area contributed by atoms with E-state index in [1.54, 1.807) is 0 Å². The van der Waals surface area contributed by atoms with Crippen LogP contribution in [0, 0.1) is 0 Å². The summed E-state index contributed by atoms with van der Waals surface area (Å²) >= 11 is 2.45. The maximum Gasteiger partial charge on any atom is 0.0690 e. The predicted molar refractivity (Wildman–Crippen MR) is 80.1 cm³/mol. The smallest absolute Gasteiger partial charge is 0.0690 e. The molecule has 3 heteroatoms. The number of hydrogen-bond acceptors (Lipinski definition) is 1. The first-order chi connectivity index (χ1) is 8.09. The maximum absolute atomic E-state index is 4.34. The second-order valence-corrected chi connectivity index (χ2v) is 6.41. The van der Waals surface area contributed by atoms with E-state index in [2.05, 4.69) is 66.7 Å². The Balaban J connectivity index is 2.56. The van der Waals surface area contributed by atoms with Crippen molar-refractivity contribution < 1.29 is 0 Å². The average molecular weight is 340 g/mol. The Kier molecular flexibility index (Phi) is 3.86. The van der Waals surface area contributed by atoms with Crippen molar-refractivity contribution >= 4 is 22.6 Å². The van der Waals surface area contributed by atoms with E-state index < -0.39 is 0 Å². The van der Waals surface area contributed by atoms with Gasteiger partial charge in [0.2, 0.25) is 0 Å². The Bertz CT molecular complexity index is 487. The van der Waals surface area contributed by atoms with Crippen LogP contribution < -0.4 is 0 Å². The van der Waals surface area contributed by atoms with Gasteiger partial charge in [-0.05, 0) is 36.1 Å². The zero-order valence-corrected chi connectivity index (χ0v) is 12.5. The molecule has 2 nitrogen and oxygen atoms in total. The standard InChI is InChI=1S/C14H17IN2/c1-10(2)12-5-6-13(11(3)15)14(9-12)17-8-4-7-16-17/h4-11H,1-3H3. The fraction of sp³-hybridized carbons (Fsp3) is 0.357. The third-order valence-corrected chi connectivity index (χ3v) is 3.57. The Morgan fingerprint density at radius 3 is 2.53 bits per heavy atom. The molecule has 2 aromatic rings. The molecule has 1 heterocycles. The van der Waals surface area contributed by atoms with Crippen LogP contribution in [0.15, 0.2) is 36.7 Å². The molecule has 1 atom stereocenters. The van der Waals surface area contributed by atoms with Crippen LogP contribution in [0.25, 0.3) is 5.69 Å². The first-order valence-corrected chi connectivity index (χ1v) is 7.12. The highest BCUT2D eigenvalue weighted by Gasteiger charge is 2.11. The van der Waals surface area contributed by atoms with Crippen molar-refractivity contribution in [3.05, 3.63) is 47.8 Å². The first kappa shape index (κ1) is 12.6. The highest BCUT2D eigenvalue weighted by molar-refractivity contribution is 14.1. The number of halogens is 1. The highest BCUT2D eigenvalue weighted by Crippen LogP contribution is 2.30. The van der Waals surface area contributed by atoms with Gasteiger partial charge in [-0.15, -0.1) is 0 Å². The molecule has 0 saturated carbocycles. The molecule has 0 spiro atoms. The normalized spacial score (nSPS) is 13.0. The van der Waals surface area contributed by atoms with E-state index in [0.29, 0.717) is 9.84 Å². The number of aromatic nitrogens is 2. The highest BCUT2D eigenvalue weighted by atomic mass is 127. The van der Waals surface area contributed by atoms with Crippen molar-refractivity contribution in [3.8, 4) is 5.69 Å². The second-order valence-electron chi connectivity index (χ2n) is 4.54. The van der Waals surface area contributed by atoms with Gasteiger partial charge in [0, 0.05) is 16.3 Å². The largest absolute Gasteiger partial charge is 0.241 e. The summed E-state index contributed by atoms with van der Waals surface area (Å²) < 4.78 is 2.43. The summed E-state index contributed by atoms with van der Waals surface area (Å²) in [6.45, 7) is 6.64. The van der Waals surface area contributed by atoms with Crippen molar-refractivity contribution in [1.29, 1.82) is 0 Å². The number of rotatable bonds is 3. The minimum Gasteiger partial charge on any atom is -0.241 e. The molecule has 0 aliphatic carbocycles. The van der Waals surface area contributed by atoms with E-state index in [9.17, 15) is 0 Å². The van der Waals surface area contributed by atoms with Crippen LogP contribution in [0.2, 0.25) is 0 Å². The molecule has 0 bridgehead atoms. The van der Waals surface area contributed by atoms with Gasteiger partial charge in [0.15, 0.2) is 0 Å². The lowest BCUT2D eigenvalue weighted by Gasteiger charge is -2.15. The van der Waals surface area contributed by atoms with Crippen molar-refractivity contribution in [3.63, 3.8) is 0 Å². The molecule has 90 valence electrons. The Labute approximate surface area is 116 Å². The van der Waals surface area contributed by atoms with Crippen LogP contribution in [-0.2, 0) is 0 Å². The summed E-state index contributed by atoms with van der Waals surface area (Å²) in [4.78, 5) is 0. The van der Waals surface area contributed by atoms with Crippen LogP contribution in [-0.4, -0.2) is 9.78 Å². The topological polar surface area (TPSA) is 17.8 Å². The van der Waals surface area contributed by atoms with Crippen molar-refractivity contribution in [2.24, 2.45) is 0 Å². The molecule has 1 aromatic carbocycles. The van der Waals surface area contributed by atoms with E-state index in [1.165, 1.54) is 16.8 Å². The summed E-state index contributed by atoms with van der Waals surface area (Å²) in [6.07, 6.45) is 3.83. The van der Waals surface area contributed by atoms with Crippen molar-refractivity contribution in [2.75, 3.05) is 0 Å². The zero-order valence-electron chi connectivity index (χ0n) is 10.4. The first-order valence-electron chi connectivity index (χ1n) is 5.87. The molecular formula is C14H17IN2. The molecule has 1 aromatic heterocycles. The molecule has 2 rings (SSSR count). The van der Waals surface area contributed by atoms with Gasteiger partial charge in [-0.25, -0.2) is 4.68 Å². The summed E-state index contributed by atoms with van der Waals surface area (Å²) in [6, 6.07) is 8.66. The minimum atomic E-state index is 0.480. The number of nitrogens with zero attached hydrogens (tertiary/aromatic N) is 2. The number of benzene rings is 1. The van der Waals surface area contributed by atoms with Gasteiger partial charge >= 0.3 is 0 Å². The van der Waals surface area contributed by atoms with Gasteiger partial charge in [-0.2, -0.15) is 5.10 Å². The van der Waals surface area contributed by atoms with E-state index >= 15 is 0 Å². The van der Waals surface area contributed by atoms with Gasteiger partial charge in [-0.1, -0.05) is 48.6 Å². The zero-order chi connectivity index (χ0) is 12.4. The van der Waals surface area contributed by atoms with Gasteiger partial charge in [-0.3, -0.25) is 0 Å². The summed E-state index contributed by atoms with van der Waals surface area (Å²) in [7, 11) is 0. The predicted octanol–water partition coefficient (Wildman–Crippen LogP) is 4.49. The fourth-order valence-electron chi connectivity index (χ4n) is 1.87. The van der Waals surface area contributed by atoms with Gasteiger partial charge < -0.3 is 0 Å². The van der Waals surface area contributed by atoms with Crippen LogP contribution in [0.5, 0.6) is 0 Å². The lowest BCUT2D eigenvalue weighted by molar-refractivity contribution is 0.834. The van der Waals surface area contributed by atoms with Crippen LogP contribution in [0.1, 0.15) is 41.7 Å². The van der Waals surface area contributed by atoms with Crippen LogP contribution >= 0.6 is 22.6 Å². The Morgan fingerprint density at radius 2 is 2.00 bits per heavy atom. The lowest BCUT2D eigenvalue weighted by Crippen LogP contribution is -2.02. The van der Waals surface area contributed by atoms with Gasteiger partial charge in [0.25, 0.3) is 0 Å². The molecular weight excluding hydrogens is 323 g/mol. The van der Waals surface area contributed by atoms with Crippen LogP contribution in [0.4, 0.5) is 0 Å². The summed E-state index contributed by atoms with van der Waals surface area (Å²) in [5.74, 6) is 0.544. The molecule has 0 fully saturated rings. The van der Waals surface area contributed by atoms with Gasteiger partial charge in [0.05, 0.1) is 5.69 Å². The van der Waals surface area contributed by atoms with Crippen molar-refractivity contribution in [1.82, 2.24) is 9.78 Å². The molecule has 0 amide bonds. The Hall–Kier alpha value is -0.840. The molecule has 0 saturated heterocycles. The monoisotopic (exact) mass is 340 g/mol. The lowest BCUT2D eigenvalue weighted by atomic mass is 9.99. The molecule has 0 N–H and O–H groups in total. The maximum atomic E-state index is 4.34. The summed E-state index contributed by atoms with van der Waals surface area (Å²) in [5, 5.41) is 4.34. The summed E-state index contributed by atoms with van der Waals surface area (Å²) in [5.41, 5.74) is 3.89. The third-order valence-electron chi connectivity index (χ3n) is 2.90. The van der Waals surface area contributed by atoms with E-state index in [4.69, 9.17) is 0 Å². The molecule has 0 aliphatic heterocycles.